The Labute approximate surface area is 122 Å². The monoisotopic (exact) mass is 324 g/mol. The Morgan fingerprint density at radius 2 is 2.14 bits per heavy atom. The zero-order chi connectivity index (χ0) is 16.0. The van der Waals surface area contributed by atoms with Crippen molar-refractivity contribution >= 4 is 23.2 Å². The summed E-state index contributed by atoms with van der Waals surface area (Å²) in [4.78, 5) is 12.0. The number of alkyl halides is 3. The van der Waals surface area contributed by atoms with Crippen LogP contribution in [0.25, 0.3) is 0 Å². The van der Waals surface area contributed by atoms with Gasteiger partial charge in [-0.2, -0.15) is 28.4 Å². The first-order chi connectivity index (χ1) is 9.54. The third-order valence-corrected chi connectivity index (χ3v) is 3.37. The molecule has 1 unspecified atom stereocenters. The van der Waals surface area contributed by atoms with Crippen molar-refractivity contribution in [3.05, 3.63) is 16.9 Å². The molecule has 1 atom stereocenters. The summed E-state index contributed by atoms with van der Waals surface area (Å²) in [6.45, 7) is 2.38. The van der Waals surface area contributed by atoms with E-state index >= 15 is 0 Å². The lowest BCUT2D eigenvalue weighted by Crippen LogP contribution is -2.57. The molecule has 116 valence electrons. The van der Waals surface area contributed by atoms with Crippen molar-refractivity contribution in [1.82, 2.24) is 14.8 Å². The molecule has 0 aliphatic carbocycles. The normalized spacial score (nSPS) is 22.6. The van der Waals surface area contributed by atoms with E-state index in [-0.39, 0.29) is 15.7 Å². The Kier molecular flexibility index (Phi) is 3.75. The summed E-state index contributed by atoms with van der Waals surface area (Å²) in [5.41, 5.74) is -2.87. The van der Waals surface area contributed by atoms with E-state index in [0.29, 0.717) is 5.69 Å². The number of nitrogens with zero attached hydrogens (tertiary/aromatic N) is 4. The van der Waals surface area contributed by atoms with Gasteiger partial charge in [0.2, 0.25) is 0 Å². The molecule has 6 nitrogen and oxygen atoms in total. The Balaban J connectivity index is 2.24. The topological polar surface area (TPSA) is 70.7 Å². The van der Waals surface area contributed by atoms with Gasteiger partial charge in [-0.15, -0.1) is 0 Å². The van der Waals surface area contributed by atoms with Crippen molar-refractivity contribution in [3.63, 3.8) is 0 Å². The van der Waals surface area contributed by atoms with E-state index in [4.69, 9.17) is 11.6 Å². The summed E-state index contributed by atoms with van der Waals surface area (Å²) in [6.07, 6.45) is -4.48. The van der Waals surface area contributed by atoms with Crippen LogP contribution in [0, 0.1) is 6.92 Å². The van der Waals surface area contributed by atoms with Crippen molar-refractivity contribution in [2.45, 2.75) is 38.7 Å². The Morgan fingerprint density at radius 1 is 1.52 bits per heavy atom. The van der Waals surface area contributed by atoms with Crippen LogP contribution in [0.1, 0.15) is 19.0 Å². The number of halogens is 4. The smallest absolute Gasteiger partial charge is 0.362 e. The van der Waals surface area contributed by atoms with Gasteiger partial charge in [0.15, 0.2) is 0 Å². The van der Waals surface area contributed by atoms with Gasteiger partial charge in [0.25, 0.3) is 11.6 Å². The van der Waals surface area contributed by atoms with E-state index < -0.39 is 30.8 Å². The highest BCUT2D eigenvalue weighted by atomic mass is 35.5. The quantitative estimate of drug-likeness (QED) is 0.900. The van der Waals surface area contributed by atoms with Crippen molar-refractivity contribution in [2.24, 2.45) is 5.10 Å². The molecule has 1 aromatic rings. The molecule has 2 heterocycles. The minimum Gasteiger partial charge on any atom is -0.362 e. The molecular formula is C11H12ClF3N4O2. The van der Waals surface area contributed by atoms with Crippen molar-refractivity contribution in [2.75, 3.05) is 0 Å². The molecule has 21 heavy (non-hydrogen) atoms. The first-order valence-electron chi connectivity index (χ1n) is 5.90. The second-order valence-corrected chi connectivity index (χ2v) is 5.20. The number of aryl methyl sites for hydroxylation is 1. The van der Waals surface area contributed by atoms with Crippen LogP contribution in [0.5, 0.6) is 0 Å². The number of rotatable bonds is 2. The fourth-order valence-electron chi connectivity index (χ4n) is 1.98. The van der Waals surface area contributed by atoms with Gasteiger partial charge in [-0.05, 0) is 13.8 Å². The van der Waals surface area contributed by atoms with E-state index in [9.17, 15) is 23.1 Å². The third-order valence-electron chi connectivity index (χ3n) is 3.00. The second-order valence-electron chi connectivity index (χ2n) is 4.79. The van der Waals surface area contributed by atoms with Crippen LogP contribution >= 0.6 is 11.6 Å². The van der Waals surface area contributed by atoms with Gasteiger partial charge in [-0.1, -0.05) is 11.6 Å². The molecule has 0 saturated heterocycles. The second kappa shape index (κ2) is 4.99. The summed E-state index contributed by atoms with van der Waals surface area (Å²) in [5.74, 6) is -1.04. The minimum absolute atomic E-state index is 0.0119. The number of hydrogen-bond acceptors (Lipinski definition) is 4. The Morgan fingerprint density at radius 3 is 2.62 bits per heavy atom. The largest absolute Gasteiger partial charge is 0.438 e. The van der Waals surface area contributed by atoms with Gasteiger partial charge in [-0.25, -0.2) is 0 Å². The average Bonchev–Trinajstić information content (AvgIpc) is 2.79. The van der Waals surface area contributed by atoms with E-state index in [1.54, 1.807) is 6.92 Å². The van der Waals surface area contributed by atoms with Crippen molar-refractivity contribution in [1.29, 1.82) is 0 Å². The summed E-state index contributed by atoms with van der Waals surface area (Å²) in [5, 5.41) is 17.5. The number of hydrazone groups is 1. The summed E-state index contributed by atoms with van der Waals surface area (Å²) in [6, 6.07) is 0. The third kappa shape index (κ3) is 2.75. The predicted molar refractivity (Wildman–Crippen MR) is 67.6 cm³/mol. The zero-order valence-corrected chi connectivity index (χ0v) is 11.9. The minimum atomic E-state index is -5.01. The molecule has 10 heteroatoms. The molecule has 1 N–H and O–H groups in total. The Bertz CT molecular complexity index is 594. The van der Waals surface area contributed by atoms with E-state index in [1.807, 2.05) is 0 Å². The van der Waals surface area contributed by atoms with E-state index in [0.717, 1.165) is 4.68 Å². The first-order valence-corrected chi connectivity index (χ1v) is 6.28. The molecule has 1 amide bonds. The van der Waals surface area contributed by atoms with Gasteiger partial charge in [0.1, 0.15) is 6.54 Å². The van der Waals surface area contributed by atoms with Gasteiger partial charge in [-0.3, -0.25) is 9.48 Å². The first kappa shape index (κ1) is 15.8. The van der Waals surface area contributed by atoms with Crippen molar-refractivity contribution < 1.29 is 23.1 Å². The van der Waals surface area contributed by atoms with Gasteiger partial charge < -0.3 is 5.11 Å². The molecular weight excluding hydrogens is 313 g/mol. The van der Waals surface area contributed by atoms with Crippen LogP contribution in [-0.2, 0) is 11.3 Å². The highest BCUT2D eigenvalue weighted by molar-refractivity contribution is 6.31. The maximum atomic E-state index is 13.0. The summed E-state index contributed by atoms with van der Waals surface area (Å²) >= 11 is 5.76. The van der Waals surface area contributed by atoms with Gasteiger partial charge in [0.05, 0.1) is 10.7 Å². The number of carbonyl (C=O) groups is 1. The standard InChI is InChI=1S/C11H12ClF3N4O2/c1-6-3-10(21,11(13,14)15)19(16-6)9(20)5-18-4-8(12)7(2)17-18/h4,21H,3,5H2,1-2H3. The average molecular weight is 325 g/mol. The van der Waals surface area contributed by atoms with Crippen LogP contribution in [0.15, 0.2) is 11.3 Å². The fourth-order valence-corrected chi connectivity index (χ4v) is 2.13. The number of amides is 1. The van der Waals surface area contributed by atoms with E-state index in [2.05, 4.69) is 10.2 Å². The van der Waals surface area contributed by atoms with Crippen molar-refractivity contribution in [3.8, 4) is 0 Å². The molecule has 0 aromatic carbocycles. The van der Waals surface area contributed by atoms with Crippen LogP contribution in [0.4, 0.5) is 13.2 Å². The number of hydrogen-bond donors (Lipinski definition) is 1. The SMILES string of the molecule is CC1=NN(C(=O)Cn2cc(Cl)c(C)n2)C(O)(C(F)(F)F)C1. The fraction of sp³-hybridized carbons (Fsp3) is 0.545. The Hall–Kier alpha value is -1.61. The lowest BCUT2D eigenvalue weighted by atomic mass is 10.1. The molecule has 0 saturated carbocycles. The zero-order valence-electron chi connectivity index (χ0n) is 11.1. The molecule has 1 aromatic heterocycles. The maximum Gasteiger partial charge on any atom is 0.438 e. The number of aliphatic hydroxyl groups is 1. The molecule has 0 bridgehead atoms. The summed E-state index contributed by atoms with van der Waals surface area (Å²) < 4.78 is 40.0. The van der Waals surface area contributed by atoms with E-state index in [1.165, 1.54) is 13.1 Å². The molecule has 0 spiro atoms. The number of carbonyl (C=O) groups excluding carboxylic acids is 1. The predicted octanol–water partition coefficient (Wildman–Crippen LogP) is 1.70. The molecule has 1 aliphatic heterocycles. The molecule has 0 fully saturated rings. The molecule has 2 rings (SSSR count). The molecule has 0 radical (unpaired) electrons. The maximum absolute atomic E-state index is 13.0. The van der Waals surface area contributed by atoms with Crippen LogP contribution in [0.2, 0.25) is 5.02 Å². The van der Waals surface area contributed by atoms with Crippen LogP contribution in [-0.4, -0.2) is 43.4 Å². The highest BCUT2D eigenvalue weighted by Gasteiger charge is 2.62. The molecule has 1 aliphatic rings. The van der Waals surface area contributed by atoms with Crippen LogP contribution < -0.4 is 0 Å². The number of aromatic nitrogens is 2. The highest BCUT2D eigenvalue weighted by Crippen LogP contribution is 2.40. The lowest BCUT2D eigenvalue weighted by molar-refractivity contribution is -0.302. The van der Waals surface area contributed by atoms with Crippen LogP contribution in [0.3, 0.4) is 0 Å². The van der Waals surface area contributed by atoms with Gasteiger partial charge >= 0.3 is 6.18 Å². The lowest BCUT2D eigenvalue weighted by Gasteiger charge is -2.32. The summed E-state index contributed by atoms with van der Waals surface area (Å²) in [7, 11) is 0. The van der Waals surface area contributed by atoms with Gasteiger partial charge in [0, 0.05) is 18.3 Å².